The summed E-state index contributed by atoms with van der Waals surface area (Å²) < 4.78 is 0. The maximum Gasteiger partial charge on any atom is 0.0434 e. The molecule has 0 aliphatic carbocycles. The van der Waals surface area contributed by atoms with Gasteiger partial charge in [-0.1, -0.05) is 23.2 Å². The minimum atomic E-state index is 0.352. The fourth-order valence-corrected chi connectivity index (χ4v) is 1.94. The SMILES string of the molecule is CC1CC(N)CCN1C/C(Cl)=C/Cl. The largest absolute Gasteiger partial charge is 0.328 e. The van der Waals surface area contributed by atoms with Gasteiger partial charge in [0.2, 0.25) is 0 Å². The minimum absolute atomic E-state index is 0.352. The van der Waals surface area contributed by atoms with E-state index in [9.17, 15) is 0 Å². The van der Waals surface area contributed by atoms with Crippen LogP contribution in [0.5, 0.6) is 0 Å². The number of likely N-dealkylation sites (tertiary alicyclic amines) is 1. The normalized spacial score (nSPS) is 32.2. The molecule has 0 aromatic carbocycles. The molecule has 13 heavy (non-hydrogen) atoms. The maximum atomic E-state index is 5.86. The van der Waals surface area contributed by atoms with Crippen molar-refractivity contribution in [1.29, 1.82) is 0 Å². The van der Waals surface area contributed by atoms with Crippen molar-refractivity contribution in [3.05, 3.63) is 10.6 Å². The average Bonchev–Trinajstić information content (AvgIpc) is 2.09. The van der Waals surface area contributed by atoms with E-state index in [0.717, 1.165) is 25.9 Å². The van der Waals surface area contributed by atoms with Gasteiger partial charge in [0.05, 0.1) is 0 Å². The van der Waals surface area contributed by atoms with Crippen LogP contribution in [0.3, 0.4) is 0 Å². The Hall–Kier alpha value is 0.240. The molecule has 0 saturated carbocycles. The van der Waals surface area contributed by atoms with Gasteiger partial charge in [0.25, 0.3) is 0 Å². The number of hydrogen-bond donors (Lipinski definition) is 1. The predicted molar refractivity (Wildman–Crippen MR) is 58.0 cm³/mol. The number of hydrogen-bond acceptors (Lipinski definition) is 2. The number of nitrogens with zero attached hydrogens (tertiary/aromatic N) is 1. The quantitative estimate of drug-likeness (QED) is 0.776. The minimum Gasteiger partial charge on any atom is -0.328 e. The van der Waals surface area contributed by atoms with Crippen molar-refractivity contribution in [3.8, 4) is 0 Å². The van der Waals surface area contributed by atoms with Gasteiger partial charge in [-0.25, -0.2) is 0 Å². The molecule has 0 radical (unpaired) electrons. The van der Waals surface area contributed by atoms with E-state index in [0.29, 0.717) is 17.1 Å². The predicted octanol–water partition coefficient (Wildman–Crippen LogP) is 2.12. The van der Waals surface area contributed by atoms with E-state index >= 15 is 0 Å². The number of piperidine rings is 1. The van der Waals surface area contributed by atoms with Crippen LogP contribution in [-0.2, 0) is 0 Å². The molecule has 1 heterocycles. The average molecular weight is 223 g/mol. The van der Waals surface area contributed by atoms with Gasteiger partial charge in [-0.2, -0.15) is 0 Å². The van der Waals surface area contributed by atoms with E-state index in [1.807, 2.05) is 0 Å². The fourth-order valence-electron chi connectivity index (χ4n) is 1.72. The lowest BCUT2D eigenvalue weighted by Crippen LogP contribution is -2.45. The molecule has 0 amide bonds. The second-order valence-corrected chi connectivity index (χ2v) is 4.36. The summed E-state index contributed by atoms with van der Waals surface area (Å²) >= 11 is 11.4. The number of halogens is 2. The van der Waals surface area contributed by atoms with Crippen LogP contribution in [0.2, 0.25) is 0 Å². The van der Waals surface area contributed by atoms with E-state index < -0.39 is 0 Å². The highest BCUT2D eigenvalue weighted by molar-refractivity contribution is 6.36. The van der Waals surface area contributed by atoms with Crippen LogP contribution < -0.4 is 5.73 Å². The molecular formula is C9H16Cl2N2. The zero-order chi connectivity index (χ0) is 9.84. The van der Waals surface area contributed by atoms with Crippen LogP contribution in [0.15, 0.2) is 10.6 Å². The summed E-state index contributed by atoms with van der Waals surface area (Å²) in [5.74, 6) is 0. The Morgan fingerprint density at radius 1 is 1.69 bits per heavy atom. The lowest BCUT2D eigenvalue weighted by molar-refractivity contribution is 0.163. The maximum absolute atomic E-state index is 5.86. The zero-order valence-corrected chi connectivity index (χ0v) is 9.35. The fraction of sp³-hybridized carbons (Fsp3) is 0.778. The number of rotatable bonds is 2. The van der Waals surface area contributed by atoms with Crippen LogP contribution in [0, 0.1) is 0 Å². The molecule has 4 heteroatoms. The van der Waals surface area contributed by atoms with Crippen LogP contribution >= 0.6 is 23.2 Å². The first kappa shape index (κ1) is 11.3. The van der Waals surface area contributed by atoms with Crippen molar-refractivity contribution < 1.29 is 0 Å². The van der Waals surface area contributed by atoms with Crippen molar-refractivity contribution in [2.24, 2.45) is 5.73 Å². The molecule has 0 bridgehead atoms. The van der Waals surface area contributed by atoms with E-state index in [1.165, 1.54) is 5.54 Å². The zero-order valence-electron chi connectivity index (χ0n) is 7.84. The molecule has 2 unspecified atom stereocenters. The van der Waals surface area contributed by atoms with Gasteiger partial charge >= 0.3 is 0 Å². The van der Waals surface area contributed by atoms with Crippen molar-refractivity contribution in [3.63, 3.8) is 0 Å². The molecule has 1 fully saturated rings. The first-order valence-electron chi connectivity index (χ1n) is 4.58. The van der Waals surface area contributed by atoms with Crippen LogP contribution in [0.4, 0.5) is 0 Å². The first-order valence-corrected chi connectivity index (χ1v) is 5.39. The Morgan fingerprint density at radius 2 is 2.38 bits per heavy atom. The van der Waals surface area contributed by atoms with Crippen molar-refractivity contribution in [2.75, 3.05) is 13.1 Å². The van der Waals surface area contributed by atoms with Gasteiger partial charge in [-0.3, -0.25) is 4.90 Å². The molecule has 1 rings (SSSR count). The second kappa shape index (κ2) is 5.20. The molecule has 76 valence electrons. The molecule has 1 aliphatic rings. The summed E-state index contributed by atoms with van der Waals surface area (Å²) in [5, 5.41) is 0.698. The lowest BCUT2D eigenvalue weighted by atomic mass is 9.99. The Balaban J connectivity index is 2.42. The highest BCUT2D eigenvalue weighted by Gasteiger charge is 2.22. The van der Waals surface area contributed by atoms with E-state index in [4.69, 9.17) is 28.9 Å². The standard InChI is InChI=1S/C9H16Cl2N2/c1-7-4-9(12)2-3-13(7)6-8(11)5-10/h5,7,9H,2-4,6,12H2,1H3/b8-5-. The summed E-state index contributed by atoms with van der Waals surface area (Å²) in [4.78, 5) is 2.31. The van der Waals surface area contributed by atoms with Crippen LogP contribution in [0.25, 0.3) is 0 Å². The first-order chi connectivity index (χ1) is 6.13. The molecule has 0 aromatic heterocycles. The third-order valence-corrected chi connectivity index (χ3v) is 3.13. The summed E-state index contributed by atoms with van der Waals surface area (Å²) in [7, 11) is 0. The Labute approximate surface area is 89.7 Å². The summed E-state index contributed by atoms with van der Waals surface area (Å²) in [6.45, 7) is 3.94. The van der Waals surface area contributed by atoms with Gasteiger partial charge in [0.1, 0.15) is 0 Å². The third-order valence-electron chi connectivity index (χ3n) is 2.53. The molecule has 2 nitrogen and oxygen atoms in total. The van der Waals surface area contributed by atoms with Gasteiger partial charge < -0.3 is 5.73 Å². The van der Waals surface area contributed by atoms with Crippen molar-refractivity contribution in [1.82, 2.24) is 4.90 Å². The highest BCUT2D eigenvalue weighted by Crippen LogP contribution is 2.18. The topological polar surface area (TPSA) is 29.3 Å². The van der Waals surface area contributed by atoms with Crippen molar-refractivity contribution >= 4 is 23.2 Å². The Bertz CT molecular complexity index is 194. The number of nitrogens with two attached hydrogens (primary N) is 1. The molecule has 0 spiro atoms. The Morgan fingerprint density at radius 3 is 2.92 bits per heavy atom. The summed E-state index contributed by atoms with van der Waals surface area (Å²) in [5.41, 5.74) is 7.28. The molecule has 2 atom stereocenters. The molecule has 2 N–H and O–H groups in total. The highest BCUT2D eigenvalue weighted by atomic mass is 35.5. The van der Waals surface area contributed by atoms with Crippen LogP contribution in [0.1, 0.15) is 19.8 Å². The monoisotopic (exact) mass is 222 g/mol. The second-order valence-electron chi connectivity index (χ2n) is 3.66. The molecule has 0 aromatic rings. The van der Waals surface area contributed by atoms with Crippen molar-refractivity contribution in [2.45, 2.75) is 31.8 Å². The third kappa shape index (κ3) is 3.47. The molecule has 1 saturated heterocycles. The lowest BCUT2D eigenvalue weighted by Gasteiger charge is -2.36. The van der Waals surface area contributed by atoms with Gasteiger partial charge in [0, 0.05) is 35.7 Å². The van der Waals surface area contributed by atoms with E-state index in [2.05, 4.69) is 11.8 Å². The van der Waals surface area contributed by atoms with E-state index in [1.54, 1.807) is 0 Å². The van der Waals surface area contributed by atoms with Gasteiger partial charge in [0.15, 0.2) is 0 Å². The summed E-state index contributed by atoms with van der Waals surface area (Å²) in [6, 6.07) is 0.860. The van der Waals surface area contributed by atoms with E-state index in [-0.39, 0.29) is 0 Å². The van der Waals surface area contributed by atoms with Gasteiger partial charge in [-0.15, -0.1) is 0 Å². The smallest absolute Gasteiger partial charge is 0.0434 e. The van der Waals surface area contributed by atoms with Crippen LogP contribution in [-0.4, -0.2) is 30.1 Å². The summed E-state index contributed by atoms with van der Waals surface area (Å²) in [6.07, 6.45) is 2.10. The molecular weight excluding hydrogens is 207 g/mol. The van der Waals surface area contributed by atoms with Gasteiger partial charge in [-0.05, 0) is 19.8 Å². The Kier molecular flexibility index (Phi) is 4.53. The molecule has 1 aliphatic heterocycles.